The molecule has 4 heterocycles. The molecule has 0 radical (unpaired) electrons. The Kier molecular flexibility index (Phi) is 4.44. The minimum Gasteiger partial charge on any atom is -0.507 e. The van der Waals surface area contributed by atoms with Crippen molar-refractivity contribution in [1.29, 1.82) is 0 Å². The fraction of sp³-hybridized carbons (Fsp3) is 0.0870. The summed E-state index contributed by atoms with van der Waals surface area (Å²) in [7, 11) is 0. The van der Waals surface area contributed by atoms with Gasteiger partial charge in [-0.1, -0.05) is 30.3 Å². The summed E-state index contributed by atoms with van der Waals surface area (Å²) >= 11 is 1.51. The van der Waals surface area contributed by atoms with Crippen LogP contribution in [0.1, 0.15) is 22.2 Å². The Bertz CT molecular complexity index is 1280. The molecule has 7 heteroatoms. The van der Waals surface area contributed by atoms with Crippen molar-refractivity contribution in [2.24, 2.45) is 0 Å². The average Bonchev–Trinajstić information content (AvgIpc) is 3.49. The number of likely N-dealkylation sites (tertiary alicyclic amines) is 1. The molecule has 3 aromatic heterocycles. The van der Waals surface area contributed by atoms with Crippen LogP contribution in [0.15, 0.2) is 77.9 Å². The normalized spacial score (nSPS) is 18.4. The number of aliphatic hydroxyl groups excluding tert-OH is 1. The summed E-state index contributed by atoms with van der Waals surface area (Å²) in [5.41, 5.74) is 1.91. The van der Waals surface area contributed by atoms with Crippen molar-refractivity contribution < 1.29 is 14.7 Å². The summed E-state index contributed by atoms with van der Waals surface area (Å²) < 4.78 is 0. The number of Topliss-reactive ketones (excluding diaryl/α,β-unsaturated/α-hetero) is 1. The Morgan fingerprint density at radius 1 is 1.10 bits per heavy atom. The molecule has 0 saturated carbocycles. The minimum atomic E-state index is -0.762. The zero-order valence-corrected chi connectivity index (χ0v) is 16.6. The zero-order chi connectivity index (χ0) is 20.7. The van der Waals surface area contributed by atoms with E-state index in [1.54, 1.807) is 30.6 Å². The van der Waals surface area contributed by atoms with Crippen molar-refractivity contribution in [3.63, 3.8) is 0 Å². The maximum Gasteiger partial charge on any atom is 0.296 e. The standard InChI is InChI=1S/C23H17N3O3S/c27-21(16-12-25-17-8-2-1-7-15(16)17)19-20(18-9-3-4-10-24-18)26(23(29)22(19)28)13-14-6-5-11-30-14/h1-12,20,25,27H,13H2/b21-19-. The molecule has 1 aliphatic rings. The number of carbonyl (C=O) groups is 2. The predicted octanol–water partition coefficient (Wildman–Crippen LogP) is 4.25. The fourth-order valence-electron chi connectivity index (χ4n) is 3.87. The highest BCUT2D eigenvalue weighted by Crippen LogP contribution is 2.40. The summed E-state index contributed by atoms with van der Waals surface area (Å²) in [4.78, 5) is 35.9. The number of nitrogens with zero attached hydrogens (tertiary/aromatic N) is 2. The van der Waals surface area contributed by atoms with Crippen molar-refractivity contribution in [2.45, 2.75) is 12.6 Å². The molecule has 1 fully saturated rings. The van der Waals surface area contributed by atoms with Crippen LogP contribution in [0.4, 0.5) is 0 Å². The molecule has 1 saturated heterocycles. The van der Waals surface area contributed by atoms with Gasteiger partial charge in [-0.2, -0.15) is 0 Å². The SMILES string of the molecule is O=C1C(=O)N(Cc2cccs2)C(c2ccccn2)/C1=C(/O)c1c[nH]c2ccccc12. The van der Waals surface area contributed by atoms with Crippen LogP contribution in [0.5, 0.6) is 0 Å². The Labute approximate surface area is 176 Å². The molecule has 1 aromatic carbocycles. The van der Waals surface area contributed by atoms with Crippen LogP contribution in [0.3, 0.4) is 0 Å². The van der Waals surface area contributed by atoms with Gasteiger partial charge in [0.1, 0.15) is 11.8 Å². The van der Waals surface area contributed by atoms with Crippen LogP contribution >= 0.6 is 11.3 Å². The quantitative estimate of drug-likeness (QED) is 0.296. The van der Waals surface area contributed by atoms with E-state index in [0.29, 0.717) is 11.3 Å². The number of nitrogens with one attached hydrogen (secondary N) is 1. The second-order valence-electron chi connectivity index (χ2n) is 7.01. The van der Waals surface area contributed by atoms with Crippen LogP contribution in [0.2, 0.25) is 0 Å². The van der Waals surface area contributed by atoms with Gasteiger partial charge in [0, 0.05) is 33.7 Å². The van der Waals surface area contributed by atoms with Crippen molar-refractivity contribution in [3.05, 3.63) is 94.1 Å². The molecule has 148 valence electrons. The number of fused-ring (bicyclic) bond motifs is 1. The molecular weight excluding hydrogens is 398 g/mol. The number of ketones is 1. The maximum absolute atomic E-state index is 13.1. The topological polar surface area (TPSA) is 86.3 Å². The predicted molar refractivity (Wildman–Crippen MR) is 115 cm³/mol. The molecule has 5 rings (SSSR count). The largest absolute Gasteiger partial charge is 0.507 e. The lowest BCUT2D eigenvalue weighted by atomic mass is 9.98. The van der Waals surface area contributed by atoms with E-state index in [2.05, 4.69) is 9.97 Å². The molecular formula is C23H17N3O3S. The molecule has 0 aliphatic carbocycles. The molecule has 1 unspecified atom stereocenters. The summed E-state index contributed by atoms with van der Waals surface area (Å²) in [5.74, 6) is -1.54. The van der Waals surface area contributed by atoms with Crippen molar-refractivity contribution in [1.82, 2.24) is 14.9 Å². The number of rotatable bonds is 4. The number of hydrogen-bond acceptors (Lipinski definition) is 5. The van der Waals surface area contributed by atoms with Gasteiger partial charge >= 0.3 is 0 Å². The van der Waals surface area contributed by atoms with Gasteiger partial charge in [0.25, 0.3) is 11.7 Å². The molecule has 1 amide bonds. The van der Waals surface area contributed by atoms with Crippen molar-refractivity contribution >= 4 is 39.7 Å². The summed E-state index contributed by atoms with van der Waals surface area (Å²) in [6.45, 7) is 0.272. The Hall–Kier alpha value is -3.71. The van der Waals surface area contributed by atoms with Gasteiger partial charge in [-0.05, 0) is 29.6 Å². The van der Waals surface area contributed by atoms with Crippen molar-refractivity contribution in [2.75, 3.05) is 0 Å². The number of benzene rings is 1. The molecule has 4 aromatic rings. The second kappa shape index (κ2) is 7.27. The lowest BCUT2D eigenvalue weighted by molar-refractivity contribution is -0.140. The van der Waals surface area contributed by atoms with Gasteiger partial charge in [0.05, 0.1) is 17.8 Å². The van der Waals surface area contributed by atoms with Crippen LogP contribution in [-0.2, 0) is 16.1 Å². The number of amides is 1. The van der Waals surface area contributed by atoms with Crippen LogP contribution < -0.4 is 0 Å². The van der Waals surface area contributed by atoms with Crippen LogP contribution in [0, 0.1) is 0 Å². The number of pyridine rings is 1. The summed E-state index contributed by atoms with van der Waals surface area (Å²) in [6.07, 6.45) is 3.27. The number of aromatic amines is 1. The van der Waals surface area contributed by atoms with E-state index in [0.717, 1.165) is 15.8 Å². The number of carbonyl (C=O) groups excluding carboxylic acids is 2. The van der Waals surface area contributed by atoms with Gasteiger partial charge in [-0.3, -0.25) is 14.6 Å². The molecule has 1 aliphatic heterocycles. The lowest BCUT2D eigenvalue weighted by Crippen LogP contribution is -2.29. The smallest absolute Gasteiger partial charge is 0.296 e. The number of H-pyrrole nitrogens is 1. The highest BCUT2D eigenvalue weighted by atomic mass is 32.1. The molecule has 0 spiro atoms. The van der Waals surface area contributed by atoms with Gasteiger partial charge < -0.3 is 15.0 Å². The molecule has 0 bridgehead atoms. The van der Waals surface area contributed by atoms with Crippen LogP contribution in [0.25, 0.3) is 16.7 Å². The summed E-state index contributed by atoms with van der Waals surface area (Å²) in [5, 5.41) is 13.9. The Morgan fingerprint density at radius 2 is 1.93 bits per heavy atom. The van der Waals surface area contributed by atoms with Gasteiger partial charge in [0.15, 0.2) is 0 Å². The highest BCUT2D eigenvalue weighted by molar-refractivity contribution is 7.09. The number of para-hydroxylation sites is 1. The third kappa shape index (κ3) is 2.91. The number of aromatic nitrogens is 2. The fourth-order valence-corrected chi connectivity index (χ4v) is 4.57. The van der Waals surface area contributed by atoms with Crippen molar-refractivity contribution in [3.8, 4) is 0 Å². The monoisotopic (exact) mass is 415 g/mol. The third-order valence-electron chi connectivity index (χ3n) is 5.26. The first-order valence-electron chi connectivity index (χ1n) is 9.43. The lowest BCUT2D eigenvalue weighted by Gasteiger charge is -2.23. The first-order valence-corrected chi connectivity index (χ1v) is 10.3. The number of aliphatic hydroxyl groups is 1. The van der Waals surface area contributed by atoms with Gasteiger partial charge in [-0.25, -0.2) is 0 Å². The van der Waals surface area contributed by atoms with E-state index < -0.39 is 17.7 Å². The first-order chi connectivity index (χ1) is 14.6. The van der Waals surface area contributed by atoms with E-state index in [-0.39, 0.29) is 17.9 Å². The molecule has 2 N–H and O–H groups in total. The minimum absolute atomic E-state index is 0.0556. The molecule has 30 heavy (non-hydrogen) atoms. The molecule has 1 atom stereocenters. The number of hydrogen-bond donors (Lipinski definition) is 2. The highest BCUT2D eigenvalue weighted by Gasteiger charge is 2.47. The van der Waals surface area contributed by atoms with E-state index in [1.807, 2.05) is 41.8 Å². The summed E-state index contributed by atoms with van der Waals surface area (Å²) in [6, 6.07) is 15.9. The maximum atomic E-state index is 13.1. The average molecular weight is 415 g/mol. The third-order valence-corrected chi connectivity index (χ3v) is 6.12. The zero-order valence-electron chi connectivity index (χ0n) is 15.8. The van der Waals surface area contributed by atoms with Gasteiger partial charge in [-0.15, -0.1) is 11.3 Å². The van der Waals surface area contributed by atoms with Gasteiger partial charge in [0.2, 0.25) is 0 Å². The van der Waals surface area contributed by atoms with Crippen LogP contribution in [-0.4, -0.2) is 31.7 Å². The molecule has 6 nitrogen and oxygen atoms in total. The number of thiophene rings is 1. The second-order valence-corrected chi connectivity index (χ2v) is 8.04. The van der Waals surface area contributed by atoms with E-state index in [9.17, 15) is 14.7 Å². The van der Waals surface area contributed by atoms with E-state index >= 15 is 0 Å². The van der Waals surface area contributed by atoms with E-state index in [4.69, 9.17) is 0 Å². The van der Waals surface area contributed by atoms with E-state index in [1.165, 1.54) is 16.2 Å². The Balaban J connectivity index is 1.69. The first kappa shape index (κ1) is 18.3. The Morgan fingerprint density at radius 3 is 2.70 bits per heavy atom.